The summed E-state index contributed by atoms with van der Waals surface area (Å²) in [4.78, 5) is 0. The van der Waals surface area contributed by atoms with Gasteiger partial charge in [0.25, 0.3) is 0 Å². The molecule has 0 spiro atoms. The quantitative estimate of drug-likeness (QED) is 0.193. The number of phosphoric acid groups is 1. The predicted octanol–water partition coefficient (Wildman–Crippen LogP) is 7.51. The lowest BCUT2D eigenvalue weighted by Gasteiger charge is -2.21. The van der Waals surface area contributed by atoms with E-state index in [0.717, 1.165) is 39.7 Å². The van der Waals surface area contributed by atoms with E-state index in [-0.39, 0.29) is 19.1 Å². The molecular formula is C27H25ClNO4P. The summed E-state index contributed by atoms with van der Waals surface area (Å²) >= 11 is 6.23. The summed E-state index contributed by atoms with van der Waals surface area (Å²) in [5.74, 6) is 1.16. The second kappa shape index (κ2) is 10.2. The molecule has 1 aliphatic heterocycles. The molecule has 34 heavy (non-hydrogen) atoms. The summed E-state index contributed by atoms with van der Waals surface area (Å²) in [6.45, 7) is 0.948. The summed E-state index contributed by atoms with van der Waals surface area (Å²) < 4.78 is 31.6. The van der Waals surface area contributed by atoms with Crippen LogP contribution < -0.4 is 9.84 Å². The normalized spacial score (nSPS) is 15.1. The van der Waals surface area contributed by atoms with Crippen LogP contribution in [0.4, 0.5) is 5.69 Å². The lowest BCUT2D eigenvalue weighted by molar-refractivity contribution is 0.143. The van der Waals surface area contributed by atoms with Gasteiger partial charge in [0.2, 0.25) is 0 Å². The molecule has 0 fully saturated rings. The van der Waals surface area contributed by atoms with Crippen LogP contribution in [0.2, 0.25) is 0 Å². The molecule has 1 heterocycles. The molecule has 1 N–H and O–H groups in total. The Balaban J connectivity index is 1.48. The maximum atomic E-state index is 13.9. The van der Waals surface area contributed by atoms with Gasteiger partial charge in [-0.2, -0.15) is 0 Å². The molecule has 4 aromatic rings. The van der Waals surface area contributed by atoms with Crippen LogP contribution >= 0.6 is 19.4 Å². The standard InChI is InChI=1S/C27H25ClNO4P/c28-16-22-17-29-25-15-26(23-13-7-8-14-24(23)27(22)25)33-34(30,31-18-20-9-3-1-4-10-20)32-19-21-11-5-2-6-12-21/h1-15,22,29H,16-19H2. The second-order valence-corrected chi connectivity index (χ2v) is 10.1. The number of anilines is 1. The van der Waals surface area contributed by atoms with Crippen molar-refractivity contribution in [2.24, 2.45) is 0 Å². The molecule has 1 unspecified atom stereocenters. The Bertz CT molecular complexity index is 1270. The Labute approximate surface area is 204 Å². The van der Waals surface area contributed by atoms with Crippen LogP contribution in [-0.4, -0.2) is 12.4 Å². The zero-order chi connectivity index (χ0) is 23.4. The van der Waals surface area contributed by atoms with Gasteiger partial charge >= 0.3 is 7.82 Å². The van der Waals surface area contributed by atoms with Crippen LogP contribution in [0.3, 0.4) is 0 Å². The third-order valence-corrected chi connectivity index (χ3v) is 7.54. The summed E-state index contributed by atoms with van der Waals surface area (Å²) in [5.41, 5.74) is 3.83. The van der Waals surface area contributed by atoms with Crippen molar-refractivity contribution in [2.75, 3.05) is 17.7 Å². The number of halogens is 1. The molecule has 4 aromatic carbocycles. The molecule has 0 radical (unpaired) electrons. The molecule has 1 aliphatic rings. The molecule has 0 saturated heterocycles. The van der Waals surface area contributed by atoms with Gasteiger partial charge < -0.3 is 9.84 Å². The van der Waals surface area contributed by atoms with E-state index in [4.69, 9.17) is 25.2 Å². The average Bonchev–Trinajstić information content (AvgIpc) is 3.31. The Morgan fingerprint density at radius 3 is 1.97 bits per heavy atom. The van der Waals surface area contributed by atoms with E-state index in [0.29, 0.717) is 11.6 Å². The van der Waals surface area contributed by atoms with Gasteiger partial charge in [-0.3, -0.25) is 9.05 Å². The number of rotatable bonds is 9. The fourth-order valence-electron chi connectivity index (χ4n) is 4.16. The topological polar surface area (TPSA) is 56.8 Å². The highest BCUT2D eigenvalue weighted by Crippen LogP contribution is 2.54. The van der Waals surface area contributed by atoms with Crippen LogP contribution in [0.1, 0.15) is 22.6 Å². The number of phosphoric ester groups is 1. The zero-order valence-corrected chi connectivity index (χ0v) is 20.2. The van der Waals surface area contributed by atoms with E-state index in [9.17, 15) is 4.57 Å². The van der Waals surface area contributed by atoms with E-state index >= 15 is 0 Å². The number of benzene rings is 4. The van der Waals surface area contributed by atoms with Crippen molar-refractivity contribution in [3.05, 3.63) is 108 Å². The summed E-state index contributed by atoms with van der Waals surface area (Å²) in [7, 11) is -3.98. The van der Waals surface area contributed by atoms with E-state index in [1.165, 1.54) is 0 Å². The predicted molar refractivity (Wildman–Crippen MR) is 137 cm³/mol. The first kappa shape index (κ1) is 22.9. The monoisotopic (exact) mass is 493 g/mol. The maximum absolute atomic E-state index is 13.9. The minimum absolute atomic E-state index is 0.0996. The highest BCUT2D eigenvalue weighted by Gasteiger charge is 2.32. The lowest BCUT2D eigenvalue weighted by atomic mass is 9.95. The Morgan fingerprint density at radius 1 is 0.824 bits per heavy atom. The number of hydrogen-bond donors (Lipinski definition) is 1. The molecule has 174 valence electrons. The van der Waals surface area contributed by atoms with Gasteiger partial charge in [-0.15, -0.1) is 11.6 Å². The first-order valence-corrected chi connectivity index (χ1v) is 13.2. The smallest absolute Gasteiger partial charge is 0.403 e. The number of fused-ring (bicyclic) bond motifs is 3. The van der Waals surface area contributed by atoms with Crippen molar-refractivity contribution in [1.82, 2.24) is 0 Å². The van der Waals surface area contributed by atoms with Crippen molar-refractivity contribution in [3.63, 3.8) is 0 Å². The van der Waals surface area contributed by atoms with Crippen molar-refractivity contribution >= 4 is 35.9 Å². The molecule has 0 aliphatic carbocycles. The molecular weight excluding hydrogens is 469 g/mol. The summed E-state index contributed by atoms with van der Waals surface area (Å²) in [5, 5.41) is 5.26. The SMILES string of the molecule is O=P(OCc1ccccc1)(OCc1ccccc1)Oc1cc2c(c3ccccc13)C(CCl)CN2. The van der Waals surface area contributed by atoms with Gasteiger partial charge in [0.05, 0.1) is 13.2 Å². The third kappa shape index (κ3) is 4.98. The van der Waals surface area contributed by atoms with Gasteiger partial charge in [0.1, 0.15) is 5.75 Å². The first-order chi connectivity index (χ1) is 16.6. The zero-order valence-electron chi connectivity index (χ0n) is 18.5. The van der Waals surface area contributed by atoms with Gasteiger partial charge in [0, 0.05) is 35.5 Å². The first-order valence-electron chi connectivity index (χ1n) is 11.2. The highest BCUT2D eigenvalue weighted by atomic mass is 35.5. The maximum Gasteiger partial charge on any atom is 0.530 e. The van der Waals surface area contributed by atoms with Crippen molar-refractivity contribution in [2.45, 2.75) is 19.1 Å². The molecule has 0 aromatic heterocycles. The van der Waals surface area contributed by atoms with Crippen LogP contribution in [-0.2, 0) is 26.8 Å². The largest absolute Gasteiger partial charge is 0.530 e. The van der Waals surface area contributed by atoms with E-state index in [2.05, 4.69) is 5.32 Å². The van der Waals surface area contributed by atoms with Gasteiger partial charge in [0.15, 0.2) is 0 Å². The summed E-state index contributed by atoms with van der Waals surface area (Å²) in [6.07, 6.45) is 0. The Kier molecular flexibility index (Phi) is 6.89. The molecule has 5 rings (SSSR count). The second-order valence-electron chi connectivity index (χ2n) is 8.17. The molecule has 5 nitrogen and oxygen atoms in total. The van der Waals surface area contributed by atoms with Crippen molar-refractivity contribution < 1.29 is 18.1 Å². The van der Waals surface area contributed by atoms with Gasteiger partial charge in [-0.1, -0.05) is 84.9 Å². The lowest BCUT2D eigenvalue weighted by Crippen LogP contribution is -2.04. The molecule has 1 atom stereocenters. The molecule has 0 amide bonds. The van der Waals surface area contributed by atoms with Crippen LogP contribution in [0, 0.1) is 0 Å². The van der Waals surface area contributed by atoms with Crippen LogP contribution in [0.15, 0.2) is 91.0 Å². The highest BCUT2D eigenvalue weighted by molar-refractivity contribution is 7.48. The molecule has 0 saturated carbocycles. The number of alkyl halides is 1. The summed E-state index contributed by atoms with van der Waals surface area (Å²) in [6, 6.07) is 28.8. The molecule has 7 heteroatoms. The Hall–Kier alpha value is -2.82. The van der Waals surface area contributed by atoms with E-state index in [1.54, 1.807) is 0 Å². The van der Waals surface area contributed by atoms with E-state index in [1.807, 2.05) is 91.0 Å². The number of hydrogen-bond acceptors (Lipinski definition) is 5. The fraction of sp³-hybridized carbons (Fsp3) is 0.185. The minimum Gasteiger partial charge on any atom is -0.403 e. The number of nitrogens with one attached hydrogen (secondary N) is 1. The minimum atomic E-state index is -3.98. The van der Waals surface area contributed by atoms with Gasteiger partial charge in [-0.05, 0) is 22.1 Å². The van der Waals surface area contributed by atoms with Crippen molar-refractivity contribution in [3.8, 4) is 5.75 Å². The Morgan fingerprint density at radius 2 is 1.38 bits per heavy atom. The molecule has 0 bridgehead atoms. The van der Waals surface area contributed by atoms with Crippen LogP contribution in [0.5, 0.6) is 5.75 Å². The fourth-order valence-corrected chi connectivity index (χ4v) is 5.61. The van der Waals surface area contributed by atoms with Gasteiger partial charge in [-0.25, -0.2) is 4.57 Å². The average molecular weight is 494 g/mol. The van der Waals surface area contributed by atoms with Crippen molar-refractivity contribution in [1.29, 1.82) is 0 Å². The van der Waals surface area contributed by atoms with E-state index < -0.39 is 7.82 Å². The van der Waals surface area contributed by atoms with Crippen LogP contribution in [0.25, 0.3) is 10.8 Å². The third-order valence-electron chi connectivity index (χ3n) is 5.86.